The lowest BCUT2D eigenvalue weighted by Gasteiger charge is -2.15. The van der Waals surface area contributed by atoms with Crippen LogP contribution < -0.4 is 10.6 Å². The van der Waals surface area contributed by atoms with Gasteiger partial charge in [0, 0.05) is 18.6 Å². The molecule has 0 aromatic carbocycles. The molecule has 15 heavy (non-hydrogen) atoms. The lowest BCUT2D eigenvalue weighted by molar-refractivity contribution is 0.429. The molecule has 4 heteroatoms. The summed E-state index contributed by atoms with van der Waals surface area (Å²) in [4.78, 5) is 4.05. The molecule has 1 atom stereocenters. The van der Waals surface area contributed by atoms with Gasteiger partial charge in [-0.25, -0.2) is 4.98 Å². The van der Waals surface area contributed by atoms with Crippen molar-refractivity contribution in [3.05, 3.63) is 17.8 Å². The van der Waals surface area contributed by atoms with Crippen LogP contribution in [0.2, 0.25) is 0 Å². The Morgan fingerprint density at radius 2 is 2.07 bits per heavy atom. The Kier molecular flexibility index (Phi) is 4.78. The van der Waals surface area contributed by atoms with Gasteiger partial charge in [-0.3, -0.25) is 0 Å². The van der Waals surface area contributed by atoms with Gasteiger partial charge in [-0.2, -0.15) is 0 Å². The van der Waals surface area contributed by atoms with Crippen molar-refractivity contribution in [2.24, 2.45) is 0 Å². The van der Waals surface area contributed by atoms with Gasteiger partial charge in [-0.15, -0.1) is 0 Å². The summed E-state index contributed by atoms with van der Waals surface area (Å²) in [5.41, 5.74) is 0.964. The maximum absolute atomic E-state index is 5.25. The number of nitrogens with zero attached hydrogens (tertiary/aromatic N) is 1. The van der Waals surface area contributed by atoms with E-state index in [1.54, 1.807) is 0 Å². The lowest BCUT2D eigenvalue weighted by Crippen LogP contribution is -2.38. The second-order valence-corrected chi connectivity index (χ2v) is 4.21. The van der Waals surface area contributed by atoms with Crippen LogP contribution in [0.15, 0.2) is 10.8 Å². The molecule has 0 saturated carbocycles. The third kappa shape index (κ3) is 4.44. The zero-order valence-corrected chi connectivity index (χ0v) is 10.0. The molecule has 0 amide bonds. The summed E-state index contributed by atoms with van der Waals surface area (Å²) in [5.74, 6) is 0.923. The topological polar surface area (TPSA) is 50.1 Å². The standard InChI is InChI=1S/C11H21N3O/c1-8(2)12-5-9(3)13-6-11-10(4)14-7-15-11/h7-9,12-13H,5-6H2,1-4H3. The minimum absolute atomic E-state index is 0.428. The van der Waals surface area contributed by atoms with E-state index < -0.39 is 0 Å². The summed E-state index contributed by atoms with van der Waals surface area (Å²) < 4.78 is 5.25. The van der Waals surface area contributed by atoms with Crippen molar-refractivity contribution >= 4 is 0 Å². The van der Waals surface area contributed by atoms with Crippen molar-refractivity contribution in [2.45, 2.75) is 46.3 Å². The third-order valence-electron chi connectivity index (χ3n) is 2.29. The van der Waals surface area contributed by atoms with Crippen LogP contribution >= 0.6 is 0 Å². The van der Waals surface area contributed by atoms with Gasteiger partial charge in [0.15, 0.2) is 6.39 Å². The summed E-state index contributed by atoms with van der Waals surface area (Å²) in [6.07, 6.45) is 1.49. The molecule has 0 bridgehead atoms. The first kappa shape index (κ1) is 12.2. The van der Waals surface area contributed by atoms with E-state index in [4.69, 9.17) is 4.42 Å². The summed E-state index contributed by atoms with van der Waals surface area (Å²) in [6.45, 7) is 10.1. The molecule has 1 aromatic heterocycles. The first-order valence-corrected chi connectivity index (χ1v) is 5.45. The number of aromatic nitrogens is 1. The molecule has 0 saturated heterocycles. The number of nitrogens with one attached hydrogen (secondary N) is 2. The Balaban J connectivity index is 2.22. The van der Waals surface area contributed by atoms with Crippen molar-refractivity contribution < 1.29 is 4.42 Å². The fourth-order valence-electron chi connectivity index (χ4n) is 1.25. The fourth-order valence-corrected chi connectivity index (χ4v) is 1.25. The number of hydrogen-bond acceptors (Lipinski definition) is 4. The van der Waals surface area contributed by atoms with Crippen LogP contribution in [0.25, 0.3) is 0 Å². The van der Waals surface area contributed by atoms with Crippen molar-refractivity contribution in [1.82, 2.24) is 15.6 Å². The first-order chi connectivity index (χ1) is 7.09. The number of aryl methyl sites for hydroxylation is 1. The van der Waals surface area contributed by atoms with Gasteiger partial charge in [-0.05, 0) is 13.8 Å². The monoisotopic (exact) mass is 211 g/mol. The largest absolute Gasteiger partial charge is 0.447 e. The summed E-state index contributed by atoms with van der Waals surface area (Å²) >= 11 is 0. The van der Waals surface area contributed by atoms with E-state index in [9.17, 15) is 0 Å². The van der Waals surface area contributed by atoms with Crippen molar-refractivity contribution in [2.75, 3.05) is 6.54 Å². The lowest BCUT2D eigenvalue weighted by atomic mass is 10.3. The highest BCUT2D eigenvalue weighted by Crippen LogP contribution is 2.04. The van der Waals surface area contributed by atoms with E-state index in [1.807, 2.05) is 6.92 Å². The number of rotatable bonds is 6. The molecule has 4 nitrogen and oxygen atoms in total. The third-order valence-corrected chi connectivity index (χ3v) is 2.29. The zero-order chi connectivity index (χ0) is 11.3. The van der Waals surface area contributed by atoms with E-state index in [-0.39, 0.29) is 0 Å². The van der Waals surface area contributed by atoms with Crippen molar-refractivity contribution in [1.29, 1.82) is 0 Å². The highest BCUT2D eigenvalue weighted by atomic mass is 16.3. The van der Waals surface area contributed by atoms with Gasteiger partial charge < -0.3 is 15.1 Å². The molecular weight excluding hydrogens is 190 g/mol. The average Bonchev–Trinajstić information content (AvgIpc) is 2.58. The van der Waals surface area contributed by atoms with E-state index >= 15 is 0 Å². The molecule has 2 N–H and O–H groups in total. The van der Waals surface area contributed by atoms with Crippen molar-refractivity contribution in [3.63, 3.8) is 0 Å². The minimum atomic E-state index is 0.428. The summed E-state index contributed by atoms with van der Waals surface area (Å²) in [6, 6.07) is 0.957. The summed E-state index contributed by atoms with van der Waals surface area (Å²) in [7, 11) is 0. The maximum Gasteiger partial charge on any atom is 0.181 e. The van der Waals surface area contributed by atoms with E-state index in [1.165, 1.54) is 6.39 Å². The zero-order valence-electron chi connectivity index (χ0n) is 10.0. The van der Waals surface area contributed by atoms with E-state index in [0.29, 0.717) is 12.1 Å². The highest BCUT2D eigenvalue weighted by molar-refractivity contribution is 5.03. The fraction of sp³-hybridized carbons (Fsp3) is 0.727. The Morgan fingerprint density at radius 1 is 1.33 bits per heavy atom. The quantitative estimate of drug-likeness (QED) is 0.748. The first-order valence-electron chi connectivity index (χ1n) is 5.45. The van der Waals surface area contributed by atoms with Crippen LogP contribution in [0, 0.1) is 6.92 Å². The predicted molar refractivity (Wildman–Crippen MR) is 60.7 cm³/mol. The van der Waals surface area contributed by atoms with E-state index in [0.717, 1.165) is 24.5 Å². The van der Waals surface area contributed by atoms with Gasteiger partial charge in [0.05, 0.1) is 12.2 Å². The Labute approximate surface area is 91.5 Å². The molecule has 1 rings (SSSR count). The Morgan fingerprint density at radius 3 is 2.60 bits per heavy atom. The van der Waals surface area contributed by atoms with Crippen LogP contribution in [0.5, 0.6) is 0 Å². The second kappa shape index (κ2) is 5.88. The van der Waals surface area contributed by atoms with Crippen LogP contribution in [0.4, 0.5) is 0 Å². The van der Waals surface area contributed by atoms with Gasteiger partial charge in [-0.1, -0.05) is 13.8 Å². The number of oxazole rings is 1. The van der Waals surface area contributed by atoms with Gasteiger partial charge in [0.2, 0.25) is 0 Å². The van der Waals surface area contributed by atoms with Crippen molar-refractivity contribution in [3.8, 4) is 0 Å². The molecule has 1 aromatic rings. The molecule has 86 valence electrons. The van der Waals surface area contributed by atoms with Crippen LogP contribution in [0.1, 0.15) is 32.2 Å². The smallest absolute Gasteiger partial charge is 0.181 e. The SMILES string of the molecule is Cc1ncoc1CNC(C)CNC(C)C. The molecule has 0 radical (unpaired) electrons. The average molecular weight is 211 g/mol. The van der Waals surface area contributed by atoms with Crippen LogP contribution in [-0.2, 0) is 6.54 Å². The van der Waals surface area contributed by atoms with Gasteiger partial charge in [0.25, 0.3) is 0 Å². The molecule has 1 unspecified atom stereocenters. The molecular formula is C11H21N3O. The van der Waals surface area contributed by atoms with Crippen LogP contribution in [0.3, 0.4) is 0 Å². The Bertz CT molecular complexity index is 283. The minimum Gasteiger partial charge on any atom is -0.447 e. The molecule has 0 aliphatic carbocycles. The molecule has 0 aliphatic heterocycles. The van der Waals surface area contributed by atoms with E-state index in [2.05, 4.69) is 36.4 Å². The maximum atomic E-state index is 5.25. The van der Waals surface area contributed by atoms with Gasteiger partial charge >= 0.3 is 0 Å². The van der Waals surface area contributed by atoms with Crippen LogP contribution in [-0.4, -0.2) is 23.6 Å². The number of hydrogen-bond donors (Lipinski definition) is 2. The highest BCUT2D eigenvalue weighted by Gasteiger charge is 2.06. The molecule has 1 heterocycles. The van der Waals surface area contributed by atoms with Gasteiger partial charge in [0.1, 0.15) is 5.76 Å². The summed E-state index contributed by atoms with van der Waals surface area (Å²) in [5, 5.41) is 6.77. The molecule has 0 aliphatic rings. The predicted octanol–water partition coefficient (Wildman–Crippen LogP) is 1.46. The second-order valence-electron chi connectivity index (χ2n) is 4.21. The Hall–Kier alpha value is -0.870. The normalized spacial score (nSPS) is 13.4. The molecule has 0 fully saturated rings. The molecule has 0 spiro atoms.